The van der Waals surface area contributed by atoms with Crippen molar-refractivity contribution < 1.29 is 40.9 Å². The third kappa shape index (κ3) is 4.10. The van der Waals surface area contributed by atoms with Crippen LogP contribution in [0.2, 0.25) is 0 Å². The zero-order valence-electron chi connectivity index (χ0n) is 14.2. The second-order valence-corrected chi connectivity index (χ2v) is 6.67. The van der Waals surface area contributed by atoms with Gasteiger partial charge in [0.05, 0.1) is 6.10 Å². The summed E-state index contributed by atoms with van der Waals surface area (Å²) >= 11 is 0. The lowest BCUT2D eigenvalue weighted by Crippen LogP contribution is -2.33. The maximum absolute atomic E-state index is 12.7. The van der Waals surface area contributed by atoms with Crippen molar-refractivity contribution in [1.29, 1.82) is 0 Å². The van der Waals surface area contributed by atoms with Crippen molar-refractivity contribution >= 4 is 0 Å². The number of ether oxygens (including phenoxy) is 2. The molecule has 1 aromatic rings. The van der Waals surface area contributed by atoms with Crippen LogP contribution in [-0.2, 0) is 5.41 Å². The van der Waals surface area contributed by atoms with Gasteiger partial charge in [-0.05, 0) is 43.0 Å². The maximum Gasteiger partial charge on any atom is 0.573 e. The second kappa shape index (κ2) is 6.50. The predicted octanol–water partition coefficient (Wildman–Crippen LogP) is 4.10. The summed E-state index contributed by atoms with van der Waals surface area (Å²) in [6.45, 7) is 0.606. The molecule has 2 aliphatic rings. The highest BCUT2D eigenvalue weighted by Crippen LogP contribution is 2.50. The van der Waals surface area contributed by atoms with Crippen molar-refractivity contribution in [3.05, 3.63) is 35.5 Å². The average molecular weight is 397 g/mol. The van der Waals surface area contributed by atoms with E-state index in [1.807, 2.05) is 4.90 Å². The van der Waals surface area contributed by atoms with Gasteiger partial charge >= 0.3 is 12.7 Å². The molecule has 2 atom stereocenters. The van der Waals surface area contributed by atoms with Gasteiger partial charge in [0.15, 0.2) is 11.5 Å². The number of alkyl halides is 6. The molecule has 150 valence electrons. The first-order valence-electron chi connectivity index (χ1n) is 8.17. The van der Waals surface area contributed by atoms with Crippen LogP contribution in [0.1, 0.15) is 24.8 Å². The van der Waals surface area contributed by atoms with Crippen molar-refractivity contribution in [1.82, 2.24) is 4.90 Å². The van der Waals surface area contributed by atoms with E-state index in [0.29, 0.717) is 31.4 Å². The van der Waals surface area contributed by atoms with Crippen LogP contribution < -0.4 is 9.47 Å². The third-order valence-corrected chi connectivity index (χ3v) is 4.94. The van der Waals surface area contributed by atoms with E-state index < -0.39 is 35.7 Å². The van der Waals surface area contributed by atoms with E-state index in [1.165, 1.54) is 6.07 Å². The van der Waals surface area contributed by atoms with Gasteiger partial charge in [-0.15, -0.1) is 26.3 Å². The Labute approximate surface area is 151 Å². The van der Waals surface area contributed by atoms with Crippen molar-refractivity contribution in [2.75, 3.05) is 13.6 Å². The fourth-order valence-electron chi connectivity index (χ4n) is 3.83. The van der Waals surface area contributed by atoms with Crippen molar-refractivity contribution in [3.8, 4) is 11.5 Å². The summed E-state index contributed by atoms with van der Waals surface area (Å²) in [5.41, 5.74) is 0.441. The van der Waals surface area contributed by atoms with Gasteiger partial charge in [-0.2, -0.15) is 0 Å². The van der Waals surface area contributed by atoms with Crippen LogP contribution in [0.3, 0.4) is 0 Å². The average Bonchev–Trinajstić information content (AvgIpc) is 2.84. The highest BCUT2D eigenvalue weighted by molar-refractivity contribution is 5.49. The molecule has 1 heterocycles. The first-order chi connectivity index (χ1) is 12.4. The minimum Gasteiger partial charge on any atom is -0.402 e. The molecule has 0 spiro atoms. The quantitative estimate of drug-likeness (QED) is 0.780. The molecule has 1 N–H and O–H groups in total. The number of aliphatic hydroxyl groups is 1. The molecule has 1 saturated heterocycles. The van der Waals surface area contributed by atoms with E-state index in [9.17, 15) is 31.4 Å². The van der Waals surface area contributed by atoms with E-state index in [2.05, 4.69) is 9.47 Å². The SMILES string of the molecule is CN1CC[C@]2(c3ccc(OC(F)(F)F)c(OC(F)(F)F)c3)CC[C@@H](O)C=C12. The summed E-state index contributed by atoms with van der Waals surface area (Å²) < 4.78 is 83.1. The summed E-state index contributed by atoms with van der Waals surface area (Å²) in [5, 5.41) is 9.89. The molecule has 1 aliphatic carbocycles. The molecule has 1 aromatic carbocycles. The van der Waals surface area contributed by atoms with Gasteiger partial charge in [0, 0.05) is 24.7 Å². The van der Waals surface area contributed by atoms with E-state index in [-0.39, 0.29) is 0 Å². The van der Waals surface area contributed by atoms with Gasteiger partial charge in [0.2, 0.25) is 0 Å². The number of fused-ring (bicyclic) bond motifs is 1. The Balaban J connectivity index is 2.06. The maximum atomic E-state index is 12.7. The first-order valence-corrected chi connectivity index (χ1v) is 8.17. The highest BCUT2D eigenvalue weighted by atomic mass is 19.4. The Morgan fingerprint density at radius 3 is 2.30 bits per heavy atom. The van der Waals surface area contributed by atoms with Crippen LogP contribution in [0.5, 0.6) is 11.5 Å². The van der Waals surface area contributed by atoms with Crippen LogP contribution in [0.25, 0.3) is 0 Å². The molecule has 3 rings (SSSR count). The Morgan fingerprint density at radius 2 is 1.67 bits per heavy atom. The predicted molar refractivity (Wildman–Crippen MR) is 82.1 cm³/mol. The largest absolute Gasteiger partial charge is 0.573 e. The fourth-order valence-corrected chi connectivity index (χ4v) is 3.83. The number of allylic oxidation sites excluding steroid dienone is 1. The number of halogens is 6. The number of hydrogen-bond acceptors (Lipinski definition) is 4. The number of nitrogens with zero attached hydrogens (tertiary/aromatic N) is 1. The van der Waals surface area contributed by atoms with Gasteiger partial charge in [0.25, 0.3) is 0 Å². The lowest BCUT2D eigenvalue weighted by Gasteiger charge is -2.37. The number of benzene rings is 1. The van der Waals surface area contributed by atoms with Gasteiger partial charge in [-0.1, -0.05) is 6.07 Å². The summed E-state index contributed by atoms with van der Waals surface area (Å²) in [7, 11) is 1.79. The molecule has 0 radical (unpaired) electrons. The van der Waals surface area contributed by atoms with Crippen LogP contribution in [-0.4, -0.2) is 42.4 Å². The lowest BCUT2D eigenvalue weighted by molar-refractivity contribution is -0.287. The van der Waals surface area contributed by atoms with Gasteiger partial charge in [-0.25, -0.2) is 0 Å². The summed E-state index contributed by atoms with van der Waals surface area (Å²) in [6, 6.07) is 3.09. The smallest absolute Gasteiger partial charge is 0.402 e. The molecule has 10 heteroatoms. The molecular formula is C17H17F6NO3. The standard InChI is InChI=1S/C17H17F6NO3/c1-24-7-6-15(5-4-11(25)9-14(15)24)10-2-3-12(26-16(18,19)20)13(8-10)27-17(21,22)23/h2-3,8-9,11,25H,4-7H2,1H3/t11-,15+/m1/s1. The normalized spacial score (nSPS) is 25.9. The van der Waals surface area contributed by atoms with Crippen molar-refractivity contribution in [3.63, 3.8) is 0 Å². The molecule has 0 bridgehead atoms. The van der Waals surface area contributed by atoms with E-state index in [0.717, 1.165) is 17.8 Å². The summed E-state index contributed by atoms with van der Waals surface area (Å²) in [5.74, 6) is -2.11. The molecule has 1 aliphatic heterocycles. The molecular weight excluding hydrogens is 380 g/mol. The number of likely N-dealkylation sites (tertiary alicyclic amines) is 1. The van der Waals surface area contributed by atoms with Gasteiger partial charge in [0.1, 0.15) is 0 Å². The minimum absolute atomic E-state index is 0.388. The zero-order chi connectivity index (χ0) is 20.0. The molecule has 0 unspecified atom stereocenters. The van der Waals surface area contributed by atoms with Crippen molar-refractivity contribution in [2.45, 2.75) is 43.5 Å². The molecule has 1 fully saturated rings. The molecule has 4 nitrogen and oxygen atoms in total. The molecule has 0 amide bonds. The Kier molecular flexibility index (Phi) is 4.73. The molecule has 27 heavy (non-hydrogen) atoms. The Bertz CT molecular complexity index is 745. The van der Waals surface area contributed by atoms with E-state index in [4.69, 9.17) is 0 Å². The minimum atomic E-state index is -5.17. The second-order valence-electron chi connectivity index (χ2n) is 6.67. The van der Waals surface area contributed by atoms with Gasteiger partial charge in [-0.3, -0.25) is 0 Å². The van der Waals surface area contributed by atoms with E-state index in [1.54, 1.807) is 13.1 Å². The Morgan fingerprint density at radius 1 is 1.04 bits per heavy atom. The van der Waals surface area contributed by atoms with Crippen LogP contribution in [0.4, 0.5) is 26.3 Å². The molecule has 0 saturated carbocycles. The topological polar surface area (TPSA) is 41.9 Å². The summed E-state index contributed by atoms with van der Waals surface area (Å²) in [6.07, 6.45) is -7.95. The number of aliphatic hydroxyl groups excluding tert-OH is 1. The number of hydrogen-bond donors (Lipinski definition) is 1. The number of likely N-dealkylation sites (N-methyl/N-ethyl adjacent to an activating group) is 1. The van der Waals surface area contributed by atoms with E-state index >= 15 is 0 Å². The zero-order valence-corrected chi connectivity index (χ0v) is 14.2. The van der Waals surface area contributed by atoms with Crippen LogP contribution >= 0.6 is 0 Å². The lowest BCUT2D eigenvalue weighted by atomic mass is 9.70. The first kappa shape index (κ1) is 19.7. The van der Waals surface area contributed by atoms with Gasteiger partial charge < -0.3 is 19.5 Å². The third-order valence-electron chi connectivity index (χ3n) is 4.94. The van der Waals surface area contributed by atoms with Crippen LogP contribution in [0, 0.1) is 0 Å². The molecule has 0 aromatic heterocycles. The fraction of sp³-hybridized carbons (Fsp3) is 0.529. The van der Waals surface area contributed by atoms with Crippen molar-refractivity contribution in [2.24, 2.45) is 0 Å². The number of rotatable bonds is 3. The summed E-state index contributed by atoms with van der Waals surface area (Å²) in [4.78, 5) is 1.88. The van der Waals surface area contributed by atoms with Crippen LogP contribution in [0.15, 0.2) is 30.0 Å². The Hall–Kier alpha value is -2.10. The highest BCUT2D eigenvalue weighted by Gasteiger charge is 2.46. The monoisotopic (exact) mass is 397 g/mol.